The van der Waals surface area contributed by atoms with Crippen LogP contribution in [0.3, 0.4) is 0 Å². The molecule has 2 aromatic carbocycles. The van der Waals surface area contributed by atoms with Gasteiger partial charge < -0.3 is 16.0 Å². The molecule has 7 heteroatoms. The lowest BCUT2D eigenvalue weighted by molar-refractivity contribution is 0.497. The number of hydrogen-bond acceptors (Lipinski definition) is 6. The molecule has 4 rings (SSSR count). The van der Waals surface area contributed by atoms with Crippen molar-refractivity contribution < 1.29 is 0 Å². The lowest BCUT2D eigenvalue weighted by atomic mass is 10.2. The highest BCUT2D eigenvalue weighted by molar-refractivity contribution is 6.06. The van der Waals surface area contributed by atoms with Crippen LogP contribution in [0.2, 0.25) is 0 Å². The number of aliphatic imine (C=N–C) groups is 2. The maximum atomic E-state index is 6.07. The summed E-state index contributed by atoms with van der Waals surface area (Å²) in [6, 6.07) is 18.5. The first-order valence-electron chi connectivity index (χ1n) is 9.05. The lowest BCUT2D eigenvalue weighted by Crippen LogP contribution is -2.54. The van der Waals surface area contributed by atoms with Crippen molar-refractivity contribution in [2.75, 3.05) is 23.3 Å². The van der Waals surface area contributed by atoms with Gasteiger partial charge in [0.1, 0.15) is 0 Å². The molecule has 2 aromatic rings. The summed E-state index contributed by atoms with van der Waals surface area (Å²) in [5.74, 6) is 1.18. The molecule has 0 spiro atoms. The van der Waals surface area contributed by atoms with Gasteiger partial charge in [0.25, 0.3) is 0 Å². The largest absolute Gasteiger partial charge is 0.368 e. The normalized spacial score (nSPS) is 19.2. The third-order valence-electron chi connectivity index (χ3n) is 4.70. The van der Waals surface area contributed by atoms with E-state index < -0.39 is 0 Å². The van der Waals surface area contributed by atoms with E-state index in [-0.39, 0.29) is 18.7 Å². The molecule has 2 aliphatic rings. The van der Waals surface area contributed by atoms with Crippen LogP contribution in [0, 0.1) is 6.92 Å². The van der Waals surface area contributed by atoms with Crippen molar-refractivity contribution in [2.24, 2.45) is 15.7 Å². The fourth-order valence-electron chi connectivity index (χ4n) is 3.36. The van der Waals surface area contributed by atoms with Crippen molar-refractivity contribution in [3.05, 3.63) is 60.2 Å². The molecule has 27 heavy (non-hydrogen) atoms. The second-order valence-electron chi connectivity index (χ2n) is 6.68. The molecule has 2 aliphatic heterocycles. The van der Waals surface area contributed by atoms with Gasteiger partial charge in [-0.05, 0) is 44.0 Å². The summed E-state index contributed by atoms with van der Waals surface area (Å²) in [6.45, 7) is 4.07. The Hall–Kier alpha value is -2.73. The summed E-state index contributed by atoms with van der Waals surface area (Å²) in [5, 5.41) is 3.48. The average molecular weight is 385 g/mol. The smallest absolute Gasteiger partial charge is 0.222 e. The molecule has 3 N–H and O–H groups in total. The number of para-hydroxylation sites is 1. The molecule has 0 bridgehead atoms. The van der Waals surface area contributed by atoms with Gasteiger partial charge in [-0.2, -0.15) is 4.99 Å². The average Bonchev–Trinajstić information content (AvgIpc) is 3.18. The van der Waals surface area contributed by atoms with Gasteiger partial charge in [0, 0.05) is 24.5 Å². The van der Waals surface area contributed by atoms with Crippen molar-refractivity contribution in [1.29, 1.82) is 0 Å². The molecule has 0 amide bonds. The maximum Gasteiger partial charge on any atom is 0.222 e. The molecule has 142 valence electrons. The Morgan fingerprint density at radius 2 is 1.67 bits per heavy atom. The zero-order valence-corrected chi connectivity index (χ0v) is 16.2. The Bertz CT molecular complexity index is 812. The van der Waals surface area contributed by atoms with Crippen molar-refractivity contribution in [1.82, 2.24) is 4.90 Å². The monoisotopic (exact) mass is 384 g/mol. The molecule has 0 saturated carbocycles. The fourth-order valence-corrected chi connectivity index (χ4v) is 3.36. The van der Waals surface area contributed by atoms with E-state index in [2.05, 4.69) is 56.3 Å². The molecular formula is C20H25ClN6. The number of anilines is 2. The van der Waals surface area contributed by atoms with Gasteiger partial charge in [0.15, 0.2) is 0 Å². The van der Waals surface area contributed by atoms with Gasteiger partial charge in [-0.25, -0.2) is 4.99 Å². The maximum absolute atomic E-state index is 6.07. The molecule has 1 fully saturated rings. The van der Waals surface area contributed by atoms with Crippen LogP contribution >= 0.6 is 12.4 Å². The van der Waals surface area contributed by atoms with E-state index in [9.17, 15) is 0 Å². The van der Waals surface area contributed by atoms with Crippen molar-refractivity contribution in [2.45, 2.75) is 26.1 Å². The SMILES string of the molecule is Cc1ccc(N2C(N3CCCC3)=NC(N)=NC2Nc2ccccc2)cc1.Cl. The first-order chi connectivity index (χ1) is 12.7. The van der Waals surface area contributed by atoms with E-state index in [1.54, 1.807) is 0 Å². The number of likely N-dealkylation sites (tertiary alicyclic amines) is 1. The molecule has 0 radical (unpaired) electrons. The van der Waals surface area contributed by atoms with Crippen LogP contribution in [-0.2, 0) is 0 Å². The highest BCUT2D eigenvalue weighted by atomic mass is 35.5. The molecule has 1 saturated heterocycles. The zero-order valence-electron chi connectivity index (χ0n) is 15.4. The van der Waals surface area contributed by atoms with E-state index in [1.165, 1.54) is 18.4 Å². The Morgan fingerprint density at radius 1 is 1.00 bits per heavy atom. The summed E-state index contributed by atoms with van der Waals surface area (Å²) in [7, 11) is 0. The van der Waals surface area contributed by atoms with Crippen LogP contribution in [0.1, 0.15) is 18.4 Å². The number of hydrogen-bond donors (Lipinski definition) is 2. The minimum absolute atomic E-state index is 0. The molecule has 0 aromatic heterocycles. The molecule has 6 nitrogen and oxygen atoms in total. The summed E-state index contributed by atoms with van der Waals surface area (Å²) < 4.78 is 0. The summed E-state index contributed by atoms with van der Waals surface area (Å²) in [6.07, 6.45) is 2.01. The summed E-state index contributed by atoms with van der Waals surface area (Å²) in [4.78, 5) is 13.6. The van der Waals surface area contributed by atoms with E-state index in [1.807, 2.05) is 30.3 Å². The van der Waals surface area contributed by atoms with Crippen LogP contribution in [0.15, 0.2) is 64.6 Å². The number of nitrogens with one attached hydrogen (secondary N) is 1. The zero-order chi connectivity index (χ0) is 17.9. The van der Waals surface area contributed by atoms with Gasteiger partial charge in [0.2, 0.25) is 18.2 Å². The molecule has 1 atom stereocenters. The van der Waals surface area contributed by atoms with E-state index in [0.717, 1.165) is 30.4 Å². The van der Waals surface area contributed by atoms with Crippen LogP contribution in [0.4, 0.5) is 11.4 Å². The van der Waals surface area contributed by atoms with Crippen LogP contribution in [0.5, 0.6) is 0 Å². The van der Waals surface area contributed by atoms with Gasteiger partial charge >= 0.3 is 0 Å². The van der Waals surface area contributed by atoms with Crippen molar-refractivity contribution in [3.8, 4) is 0 Å². The predicted molar refractivity (Wildman–Crippen MR) is 115 cm³/mol. The summed E-state index contributed by atoms with van der Waals surface area (Å²) in [5.41, 5.74) is 9.33. The minimum atomic E-state index is -0.340. The number of nitrogens with two attached hydrogens (primary N) is 1. The standard InChI is InChI=1S/C20H24N6.ClH/c1-15-9-11-17(12-10-15)26-19(22-16-7-3-2-4-8-16)23-18(21)24-20(26)25-13-5-6-14-25;/h2-4,7-12,19,22H,5-6,13-14H2,1H3,(H2,21,23);1H. The lowest BCUT2D eigenvalue weighted by Gasteiger charge is -2.38. The Morgan fingerprint density at radius 3 is 2.33 bits per heavy atom. The second-order valence-corrected chi connectivity index (χ2v) is 6.68. The van der Waals surface area contributed by atoms with Gasteiger partial charge in [-0.1, -0.05) is 35.9 Å². The van der Waals surface area contributed by atoms with Crippen LogP contribution in [0.25, 0.3) is 0 Å². The van der Waals surface area contributed by atoms with Crippen LogP contribution in [-0.4, -0.2) is 36.2 Å². The molecule has 1 unspecified atom stereocenters. The number of guanidine groups is 2. The van der Waals surface area contributed by atoms with Gasteiger partial charge in [0.05, 0.1) is 0 Å². The van der Waals surface area contributed by atoms with E-state index in [0.29, 0.717) is 5.96 Å². The predicted octanol–water partition coefficient (Wildman–Crippen LogP) is 3.40. The number of rotatable bonds is 3. The molecule has 2 heterocycles. The molecule has 0 aliphatic carbocycles. The highest BCUT2D eigenvalue weighted by Gasteiger charge is 2.32. The third kappa shape index (κ3) is 4.17. The first kappa shape index (κ1) is 19.0. The Balaban J connectivity index is 0.00000210. The second kappa shape index (κ2) is 8.31. The van der Waals surface area contributed by atoms with Gasteiger partial charge in [-0.15, -0.1) is 12.4 Å². The fraction of sp³-hybridized carbons (Fsp3) is 0.300. The van der Waals surface area contributed by atoms with E-state index in [4.69, 9.17) is 5.73 Å². The van der Waals surface area contributed by atoms with Crippen molar-refractivity contribution in [3.63, 3.8) is 0 Å². The first-order valence-corrected chi connectivity index (χ1v) is 9.05. The minimum Gasteiger partial charge on any atom is -0.368 e. The number of aryl methyl sites for hydroxylation is 1. The highest BCUT2D eigenvalue weighted by Crippen LogP contribution is 2.25. The van der Waals surface area contributed by atoms with Crippen LogP contribution < -0.4 is 16.0 Å². The number of halogens is 1. The van der Waals surface area contributed by atoms with Gasteiger partial charge in [-0.3, -0.25) is 4.90 Å². The molecular weight excluding hydrogens is 360 g/mol. The topological polar surface area (TPSA) is 69.2 Å². The quantitative estimate of drug-likeness (QED) is 0.850. The van der Waals surface area contributed by atoms with Crippen molar-refractivity contribution >= 4 is 35.7 Å². The summed E-state index contributed by atoms with van der Waals surface area (Å²) >= 11 is 0. The third-order valence-corrected chi connectivity index (χ3v) is 4.70. The Labute approximate surface area is 166 Å². The van der Waals surface area contributed by atoms with E-state index >= 15 is 0 Å². The number of benzene rings is 2. The Kier molecular flexibility index (Phi) is 5.86. The number of nitrogens with zero attached hydrogens (tertiary/aromatic N) is 4.